The number of likely N-dealkylation sites (tertiary alicyclic amines) is 3. The van der Waals surface area contributed by atoms with Gasteiger partial charge < -0.3 is 14.7 Å². The highest BCUT2D eigenvalue weighted by atomic mass is 35.5. The molecule has 190 valence electrons. The van der Waals surface area contributed by atoms with Crippen LogP contribution in [0.5, 0.6) is 0 Å². The van der Waals surface area contributed by atoms with Gasteiger partial charge in [-0.2, -0.15) is 4.72 Å². The zero-order valence-electron chi connectivity index (χ0n) is 19.6. The number of sulfonamides is 1. The number of nitrogens with zero attached hydrogens (tertiary/aromatic N) is 3. The van der Waals surface area contributed by atoms with Gasteiger partial charge in [-0.3, -0.25) is 9.59 Å². The summed E-state index contributed by atoms with van der Waals surface area (Å²) in [5.74, 6) is -0.368. The van der Waals surface area contributed by atoms with E-state index in [-0.39, 0.29) is 29.3 Å². The molecule has 3 fully saturated rings. The molecule has 1 aromatic carbocycles. The van der Waals surface area contributed by atoms with Crippen LogP contribution in [0.4, 0.5) is 0 Å². The number of piperidine rings is 1. The third-order valence-corrected chi connectivity index (χ3v) is 9.99. The summed E-state index contributed by atoms with van der Waals surface area (Å²) in [7, 11) is -3.90. The summed E-state index contributed by atoms with van der Waals surface area (Å²) in [6.07, 6.45) is 5.48. The fraction of sp³-hybridized carbons (Fsp3) is 0.583. The zero-order chi connectivity index (χ0) is 24.6. The lowest BCUT2D eigenvalue weighted by Gasteiger charge is -2.34. The predicted molar refractivity (Wildman–Crippen MR) is 137 cm³/mol. The van der Waals surface area contributed by atoms with Crippen molar-refractivity contribution in [3.8, 4) is 0 Å². The van der Waals surface area contributed by atoms with Gasteiger partial charge >= 0.3 is 0 Å². The van der Waals surface area contributed by atoms with Crippen LogP contribution >= 0.6 is 22.9 Å². The van der Waals surface area contributed by atoms with Crippen LogP contribution in [0.3, 0.4) is 0 Å². The Hall–Kier alpha value is -1.72. The summed E-state index contributed by atoms with van der Waals surface area (Å²) in [6.45, 7) is 4.29. The van der Waals surface area contributed by atoms with E-state index in [4.69, 9.17) is 11.6 Å². The topological polar surface area (TPSA) is 90.0 Å². The van der Waals surface area contributed by atoms with Crippen molar-refractivity contribution in [1.29, 1.82) is 0 Å². The van der Waals surface area contributed by atoms with Crippen molar-refractivity contribution >= 4 is 54.9 Å². The molecule has 8 nitrogen and oxygen atoms in total. The summed E-state index contributed by atoms with van der Waals surface area (Å²) in [5, 5.41) is 0.877. The van der Waals surface area contributed by atoms with Gasteiger partial charge in [0.2, 0.25) is 21.8 Å². The summed E-state index contributed by atoms with van der Waals surface area (Å²) in [5.41, 5.74) is 0. The summed E-state index contributed by atoms with van der Waals surface area (Å²) < 4.78 is 30.0. The van der Waals surface area contributed by atoms with Crippen LogP contribution in [0.15, 0.2) is 29.2 Å². The molecule has 0 saturated carbocycles. The van der Waals surface area contributed by atoms with Crippen LogP contribution in [0, 0.1) is 0 Å². The third-order valence-electron chi connectivity index (χ3n) is 7.29. The summed E-state index contributed by atoms with van der Waals surface area (Å²) in [6, 6.07) is 5.95. The molecule has 0 spiro atoms. The van der Waals surface area contributed by atoms with Gasteiger partial charge in [0.25, 0.3) is 0 Å². The highest BCUT2D eigenvalue weighted by Crippen LogP contribution is 2.31. The number of hydrogen-bond donors (Lipinski definition) is 1. The molecule has 35 heavy (non-hydrogen) atoms. The fourth-order valence-corrected chi connectivity index (χ4v) is 8.00. The first-order valence-corrected chi connectivity index (χ1v) is 15.0. The zero-order valence-corrected chi connectivity index (χ0v) is 22.0. The van der Waals surface area contributed by atoms with E-state index in [0.29, 0.717) is 23.7 Å². The first kappa shape index (κ1) is 25.0. The fourth-order valence-electron chi connectivity index (χ4n) is 5.48. The number of amides is 2. The monoisotopic (exact) mass is 538 g/mol. The normalized spacial score (nSPS) is 24.1. The van der Waals surface area contributed by atoms with Crippen LogP contribution in [-0.2, 0) is 19.6 Å². The Morgan fingerprint density at radius 3 is 2.63 bits per heavy atom. The first-order chi connectivity index (χ1) is 16.8. The highest BCUT2D eigenvalue weighted by molar-refractivity contribution is 7.89. The molecule has 0 aliphatic carbocycles. The molecule has 11 heteroatoms. The summed E-state index contributed by atoms with van der Waals surface area (Å²) >= 11 is 7.36. The number of thiophene rings is 1. The molecule has 5 rings (SSSR count). The average molecular weight is 539 g/mol. The van der Waals surface area contributed by atoms with Gasteiger partial charge in [-0.15, -0.1) is 11.3 Å². The number of hydrogen-bond acceptors (Lipinski definition) is 6. The van der Waals surface area contributed by atoms with Crippen molar-refractivity contribution in [1.82, 2.24) is 19.4 Å². The van der Waals surface area contributed by atoms with Crippen molar-refractivity contribution in [3.63, 3.8) is 0 Å². The Bertz CT molecular complexity index is 1210. The molecule has 0 radical (unpaired) electrons. The van der Waals surface area contributed by atoms with Crippen molar-refractivity contribution < 1.29 is 18.0 Å². The van der Waals surface area contributed by atoms with Gasteiger partial charge in [-0.05, 0) is 75.2 Å². The maximum atomic E-state index is 13.2. The molecule has 0 bridgehead atoms. The van der Waals surface area contributed by atoms with Crippen LogP contribution in [0.25, 0.3) is 10.1 Å². The molecule has 2 unspecified atom stereocenters. The van der Waals surface area contributed by atoms with Crippen LogP contribution in [0.2, 0.25) is 4.34 Å². The Morgan fingerprint density at radius 2 is 1.83 bits per heavy atom. The molecule has 2 atom stereocenters. The van der Waals surface area contributed by atoms with Gasteiger partial charge in [0.05, 0.1) is 15.8 Å². The minimum absolute atomic E-state index is 0.00716. The van der Waals surface area contributed by atoms with Crippen molar-refractivity contribution in [3.05, 3.63) is 28.6 Å². The quantitative estimate of drug-likeness (QED) is 0.585. The van der Waals surface area contributed by atoms with E-state index < -0.39 is 16.1 Å². The Balaban J connectivity index is 1.22. The van der Waals surface area contributed by atoms with Crippen LogP contribution < -0.4 is 4.72 Å². The van der Waals surface area contributed by atoms with Crippen molar-refractivity contribution in [2.24, 2.45) is 0 Å². The number of halogens is 1. The number of carbonyl (C=O) groups excluding carboxylic acids is 2. The van der Waals surface area contributed by atoms with Gasteiger partial charge in [0, 0.05) is 30.4 Å². The van der Waals surface area contributed by atoms with Gasteiger partial charge in [0.15, 0.2) is 0 Å². The average Bonchev–Trinajstić information content (AvgIpc) is 3.56. The second kappa shape index (κ2) is 10.3. The smallest absolute Gasteiger partial charge is 0.242 e. The van der Waals surface area contributed by atoms with Crippen molar-refractivity contribution in [2.45, 2.75) is 55.5 Å². The molecule has 4 heterocycles. The molecule has 3 aliphatic rings. The lowest BCUT2D eigenvalue weighted by atomic mass is 10.1. The van der Waals surface area contributed by atoms with Gasteiger partial charge in [-0.25, -0.2) is 8.42 Å². The van der Waals surface area contributed by atoms with Crippen LogP contribution in [-0.4, -0.2) is 86.3 Å². The van der Waals surface area contributed by atoms with E-state index in [1.807, 2.05) is 4.90 Å². The first-order valence-electron chi connectivity index (χ1n) is 12.3. The molecule has 1 N–H and O–H groups in total. The predicted octanol–water partition coefficient (Wildman–Crippen LogP) is 2.91. The molecule has 3 aliphatic heterocycles. The van der Waals surface area contributed by atoms with Crippen molar-refractivity contribution in [2.75, 3.05) is 39.3 Å². The molecule has 3 saturated heterocycles. The Labute approximate surface area is 215 Å². The minimum atomic E-state index is -3.90. The number of fused-ring (bicyclic) bond motifs is 1. The minimum Gasteiger partial charge on any atom is -0.337 e. The Kier molecular flexibility index (Phi) is 7.37. The third kappa shape index (κ3) is 5.51. The molecule has 2 amide bonds. The van der Waals surface area contributed by atoms with Crippen LogP contribution in [0.1, 0.15) is 38.5 Å². The van der Waals surface area contributed by atoms with E-state index in [1.165, 1.54) is 35.1 Å². The Morgan fingerprint density at radius 1 is 1.06 bits per heavy atom. The van der Waals surface area contributed by atoms with E-state index >= 15 is 0 Å². The number of rotatable bonds is 7. The SMILES string of the molecule is O=C1C(NS(=O)(=O)c2ccc3cc(Cl)sc3c2)CCCN1CC(=O)N1CCCC1CN1CCCC1. The summed E-state index contributed by atoms with van der Waals surface area (Å²) in [4.78, 5) is 32.3. The number of carbonyl (C=O) groups is 2. The van der Waals surface area contributed by atoms with Gasteiger partial charge in [0.1, 0.15) is 6.04 Å². The number of nitrogens with one attached hydrogen (secondary N) is 1. The lowest BCUT2D eigenvalue weighted by Crippen LogP contribution is -2.55. The molecular weight excluding hydrogens is 508 g/mol. The van der Waals surface area contributed by atoms with Gasteiger partial charge in [-0.1, -0.05) is 17.7 Å². The number of benzene rings is 1. The van der Waals surface area contributed by atoms with E-state index in [9.17, 15) is 18.0 Å². The van der Waals surface area contributed by atoms with E-state index in [0.717, 1.165) is 49.1 Å². The standard InChI is InChI=1S/C24H31ClN4O4S2/c25-22-13-17-7-8-19(14-21(17)34-22)35(32,33)26-20-6-4-11-28(24(20)31)16-23(30)29-12-3-5-18(29)15-27-9-1-2-10-27/h7-8,13-14,18,20,26H,1-6,9-12,15-16H2. The maximum absolute atomic E-state index is 13.2. The second-order valence-corrected chi connectivity index (χ2v) is 13.1. The molecular formula is C24H31ClN4O4S2. The van der Waals surface area contributed by atoms with E-state index in [1.54, 1.807) is 18.2 Å². The molecule has 1 aromatic heterocycles. The lowest BCUT2D eigenvalue weighted by molar-refractivity contribution is -0.143. The van der Waals surface area contributed by atoms with E-state index in [2.05, 4.69) is 9.62 Å². The molecule has 2 aromatic rings. The maximum Gasteiger partial charge on any atom is 0.242 e. The largest absolute Gasteiger partial charge is 0.337 e. The highest BCUT2D eigenvalue weighted by Gasteiger charge is 2.36. The second-order valence-electron chi connectivity index (χ2n) is 9.72.